The Hall–Kier alpha value is -2.48. The Kier molecular flexibility index (Phi) is 7.31. The summed E-state index contributed by atoms with van der Waals surface area (Å²) in [5.41, 5.74) is 4.08. The number of hydrogen-bond acceptors (Lipinski definition) is 5. The number of allylic oxidation sites excluding steroid dienone is 1. The van der Waals surface area contributed by atoms with E-state index in [1.807, 2.05) is 12.1 Å². The van der Waals surface area contributed by atoms with Crippen molar-refractivity contribution in [1.82, 2.24) is 4.31 Å². The second kappa shape index (κ2) is 10.2. The van der Waals surface area contributed by atoms with Crippen molar-refractivity contribution >= 4 is 21.5 Å². The van der Waals surface area contributed by atoms with E-state index in [4.69, 9.17) is 0 Å². The first-order valence-corrected chi connectivity index (χ1v) is 15.3. The number of fused-ring (bicyclic) bond motifs is 1. The molecule has 1 N–H and O–H groups in total. The summed E-state index contributed by atoms with van der Waals surface area (Å²) in [6.07, 6.45) is 5.57. The van der Waals surface area contributed by atoms with Crippen molar-refractivity contribution in [2.75, 3.05) is 31.1 Å². The van der Waals surface area contributed by atoms with E-state index in [1.165, 1.54) is 0 Å². The molecule has 0 spiro atoms. The minimum absolute atomic E-state index is 0.0450. The Morgan fingerprint density at radius 2 is 1.61 bits per heavy atom. The fourth-order valence-electron chi connectivity index (χ4n) is 6.20. The summed E-state index contributed by atoms with van der Waals surface area (Å²) in [6, 6.07) is 15.9. The maximum absolute atomic E-state index is 13.7. The van der Waals surface area contributed by atoms with Crippen molar-refractivity contribution in [3.8, 4) is 0 Å². The molecule has 0 aromatic heterocycles. The smallest absolute Gasteiger partial charge is 0.243 e. The molecule has 1 atom stereocenters. The van der Waals surface area contributed by atoms with Crippen molar-refractivity contribution < 1.29 is 18.3 Å². The molecular formula is C31H40N2O4S. The third kappa shape index (κ3) is 5.47. The standard InChI is InChI=1S/C31H40N2O4S/c1-30(2,3)24-6-10-29(11-7-24)38(36,37)33-19-13-25-20-28(35)12-16-31(25,22-33)21-23-4-8-26(9-5-23)32-17-14-27(34)15-18-32/h4-11,20,27,34H,12-19,21-22H2,1-3H3. The Labute approximate surface area is 227 Å². The molecule has 1 aliphatic carbocycles. The number of carbonyl (C=O) groups excluding carboxylic acids is 1. The largest absolute Gasteiger partial charge is 0.393 e. The summed E-state index contributed by atoms with van der Waals surface area (Å²) < 4.78 is 29.1. The van der Waals surface area contributed by atoms with E-state index in [1.54, 1.807) is 22.5 Å². The van der Waals surface area contributed by atoms with E-state index in [0.29, 0.717) is 43.7 Å². The highest BCUT2D eigenvalue weighted by atomic mass is 32.2. The van der Waals surface area contributed by atoms with Crippen LogP contribution in [0.5, 0.6) is 0 Å². The normalized spacial score (nSPS) is 23.7. The van der Waals surface area contributed by atoms with Gasteiger partial charge >= 0.3 is 0 Å². The predicted molar refractivity (Wildman–Crippen MR) is 151 cm³/mol. The Morgan fingerprint density at radius 1 is 0.947 bits per heavy atom. The van der Waals surface area contributed by atoms with Crippen molar-refractivity contribution in [1.29, 1.82) is 0 Å². The summed E-state index contributed by atoms with van der Waals surface area (Å²) >= 11 is 0. The topological polar surface area (TPSA) is 77.9 Å². The summed E-state index contributed by atoms with van der Waals surface area (Å²) in [5.74, 6) is 0.146. The first-order valence-electron chi connectivity index (χ1n) is 13.8. The molecule has 0 amide bonds. The van der Waals surface area contributed by atoms with Crippen LogP contribution in [-0.2, 0) is 26.7 Å². The third-order valence-electron chi connectivity index (χ3n) is 8.64. The van der Waals surface area contributed by atoms with E-state index < -0.39 is 10.0 Å². The number of ketones is 1. The fourth-order valence-corrected chi connectivity index (χ4v) is 7.73. The zero-order valence-electron chi connectivity index (χ0n) is 22.8. The second-order valence-electron chi connectivity index (χ2n) is 12.3. The Bertz CT molecular complexity index is 1300. The van der Waals surface area contributed by atoms with E-state index in [2.05, 4.69) is 49.9 Å². The van der Waals surface area contributed by atoms with Gasteiger partial charge in [-0.2, -0.15) is 4.31 Å². The number of piperidine rings is 2. The quantitative estimate of drug-likeness (QED) is 0.591. The lowest BCUT2D eigenvalue weighted by Crippen LogP contribution is -2.49. The van der Waals surface area contributed by atoms with Crippen LogP contribution in [0.15, 0.2) is 65.1 Å². The molecule has 0 bridgehead atoms. The number of rotatable bonds is 5. The number of hydrogen-bond donors (Lipinski definition) is 1. The molecule has 2 fully saturated rings. The van der Waals surface area contributed by atoms with Gasteiger partial charge in [-0.05, 0) is 79.0 Å². The fraction of sp³-hybridized carbons (Fsp3) is 0.516. The van der Waals surface area contributed by atoms with E-state index in [0.717, 1.165) is 48.3 Å². The molecule has 2 aromatic carbocycles. The van der Waals surface area contributed by atoms with Gasteiger partial charge in [-0.25, -0.2) is 8.42 Å². The maximum atomic E-state index is 13.7. The van der Waals surface area contributed by atoms with Crippen LogP contribution in [0.1, 0.15) is 64.0 Å². The Balaban J connectivity index is 1.38. The number of aliphatic hydroxyl groups excluding tert-OH is 1. The van der Waals surface area contributed by atoms with Gasteiger partial charge in [0.05, 0.1) is 11.0 Å². The summed E-state index contributed by atoms with van der Waals surface area (Å²) in [4.78, 5) is 15.0. The first kappa shape index (κ1) is 27.1. The number of carbonyl (C=O) groups is 1. The molecule has 5 rings (SSSR count). The molecule has 1 unspecified atom stereocenters. The summed E-state index contributed by atoms with van der Waals surface area (Å²) in [6.45, 7) is 8.84. The van der Waals surface area contributed by atoms with Crippen LogP contribution in [0.2, 0.25) is 0 Å². The van der Waals surface area contributed by atoms with Crippen LogP contribution >= 0.6 is 0 Å². The van der Waals surface area contributed by atoms with Gasteiger partial charge in [0.15, 0.2) is 5.78 Å². The Morgan fingerprint density at radius 3 is 2.24 bits per heavy atom. The molecular weight excluding hydrogens is 496 g/mol. The van der Waals surface area contributed by atoms with Crippen LogP contribution in [0.4, 0.5) is 5.69 Å². The van der Waals surface area contributed by atoms with Crippen LogP contribution in [0.3, 0.4) is 0 Å². The molecule has 2 saturated heterocycles. The average molecular weight is 537 g/mol. The van der Waals surface area contributed by atoms with Gasteiger partial charge in [-0.1, -0.05) is 50.6 Å². The highest BCUT2D eigenvalue weighted by molar-refractivity contribution is 7.89. The first-order chi connectivity index (χ1) is 18.0. The van der Waals surface area contributed by atoms with Gasteiger partial charge in [0.2, 0.25) is 10.0 Å². The van der Waals surface area contributed by atoms with Gasteiger partial charge in [0.25, 0.3) is 0 Å². The summed E-state index contributed by atoms with van der Waals surface area (Å²) in [5, 5.41) is 9.82. The van der Waals surface area contributed by atoms with Gasteiger partial charge in [-0.15, -0.1) is 0 Å². The van der Waals surface area contributed by atoms with E-state index >= 15 is 0 Å². The van der Waals surface area contributed by atoms with Crippen molar-refractivity contribution in [2.24, 2.45) is 5.41 Å². The molecule has 0 radical (unpaired) electrons. The lowest BCUT2D eigenvalue weighted by Gasteiger charge is -2.46. The minimum Gasteiger partial charge on any atom is -0.393 e. The minimum atomic E-state index is -3.65. The molecule has 0 saturated carbocycles. The van der Waals surface area contributed by atoms with E-state index in [-0.39, 0.29) is 22.7 Å². The zero-order chi connectivity index (χ0) is 27.1. The maximum Gasteiger partial charge on any atom is 0.243 e. The molecule has 6 nitrogen and oxygen atoms in total. The number of benzene rings is 2. The summed E-state index contributed by atoms with van der Waals surface area (Å²) in [7, 11) is -3.65. The van der Waals surface area contributed by atoms with Gasteiger partial charge in [0, 0.05) is 43.7 Å². The molecule has 38 heavy (non-hydrogen) atoms. The molecule has 7 heteroatoms. The van der Waals surface area contributed by atoms with Gasteiger partial charge in [0.1, 0.15) is 0 Å². The van der Waals surface area contributed by atoms with Crippen LogP contribution in [0, 0.1) is 5.41 Å². The lowest BCUT2D eigenvalue weighted by molar-refractivity contribution is -0.116. The monoisotopic (exact) mass is 536 g/mol. The molecule has 3 aliphatic rings. The highest BCUT2D eigenvalue weighted by Gasteiger charge is 2.45. The lowest BCUT2D eigenvalue weighted by atomic mass is 9.66. The van der Waals surface area contributed by atoms with Crippen molar-refractivity contribution in [2.45, 2.75) is 75.7 Å². The average Bonchev–Trinajstić information content (AvgIpc) is 2.89. The van der Waals surface area contributed by atoms with E-state index in [9.17, 15) is 18.3 Å². The zero-order valence-corrected chi connectivity index (χ0v) is 23.6. The SMILES string of the molecule is CC(C)(C)c1ccc(S(=O)(=O)N2CCC3=CC(=O)CCC3(Cc3ccc(N4CCC(O)CC4)cc3)C2)cc1. The molecule has 2 heterocycles. The van der Waals surface area contributed by atoms with Crippen molar-refractivity contribution in [3.05, 3.63) is 71.3 Å². The number of nitrogens with zero attached hydrogens (tertiary/aromatic N) is 2. The molecule has 2 aromatic rings. The number of sulfonamides is 1. The van der Waals surface area contributed by atoms with Crippen LogP contribution < -0.4 is 4.90 Å². The second-order valence-corrected chi connectivity index (χ2v) is 14.3. The predicted octanol–water partition coefficient (Wildman–Crippen LogP) is 4.86. The van der Waals surface area contributed by atoms with Crippen LogP contribution in [0.25, 0.3) is 0 Å². The van der Waals surface area contributed by atoms with Crippen LogP contribution in [-0.4, -0.2) is 55.9 Å². The number of aliphatic hydroxyl groups is 1. The van der Waals surface area contributed by atoms with Gasteiger partial charge in [-0.3, -0.25) is 4.79 Å². The van der Waals surface area contributed by atoms with Crippen molar-refractivity contribution in [3.63, 3.8) is 0 Å². The third-order valence-corrected chi connectivity index (χ3v) is 10.5. The number of anilines is 1. The molecule has 204 valence electrons. The molecule has 2 aliphatic heterocycles. The van der Waals surface area contributed by atoms with Gasteiger partial charge < -0.3 is 10.0 Å². The highest BCUT2D eigenvalue weighted by Crippen LogP contribution is 2.46.